The van der Waals surface area contributed by atoms with E-state index in [0.29, 0.717) is 17.1 Å². The number of amides is 1. The van der Waals surface area contributed by atoms with Gasteiger partial charge in [-0.25, -0.2) is 13.4 Å². The van der Waals surface area contributed by atoms with Crippen molar-refractivity contribution in [3.05, 3.63) is 48.0 Å². The van der Waals surface area contributed by atoms with Crippen molar-refractivity contribution in [1.82, 2.24) is 19.9 Å². The number of benzene rings is 1. The van der Waals surface area contributed by atoms with Gasteiger partial charge in [0.15, 0.2) is 0 Å². The molecule has 1 fully saturated rings. The standard InChI is InChI=1S/C25H32N4O4S/c1-17(30)26-14-19-5-6-21(15-27-19)34(31,32)20-7-8-23-22(13-20)28-24(25(2,3)4)29(23)16-18-9-11-33-12-10-18/h5-8,13,15,18H,9-12,14,16H2,1-4H3,(H,26,30). The number of carbonyl (C=O) groups excluding carboxylic acids is 1. The maximum atomic E-state index is 13.3. The topological polar surface area (TPSA) is 103 Å². The lowest BCUT2D eigenvalue weighted by molar-refractivity contribution is -0.119. The summed E-state index contributed by atoms with van der Waals surface area (Å²) in [6, 6.07) is 8.31. The summed E-state index contributed by atoms with van der Waals surface area (Å²) in [4.78, 5) is 20.5. The zero-order chi connectivity index (χ0) is 24.5. The molecule has 0 radical (unpaired) electrons. The Morgan fingerprint density at radius 1 is 1.15 bits per heavy atom. The van der Waals surface area contributed by atoms with Crippen LogP contribution in [0, 0.1) is 5.92 Å². The molecule has 1 N–H and O–H groups in total. The predicted molar refractivity (Wildman–Crippen MR) is 129 cm³/mol. The molecule has 1 aliphatic rings. The number of hydrogen-bond donors (Lipinski definition) is 1. The molecule has 1 aromatic carbocycles. The fraction of sp³-hybridized carbons (Fsp3) is 0.480. The smallest absolute Gasteiger partial charge is 0.217 e. The summed E-state index contributed by atoms with van der Waals surface area (Å²) in [5.41, 5.74) is 2.02. The van der Waals surface area contributed by atoms with E-state index in [-0.39, 0.29) is 27.7 Å². The molecule has 4 rings (SSSR count). The molecule has 0 atom stereocenters. The Morgan fingerprint density at radius 2 is 1.85 bits per heavy atom. The van der Waals surface area contributed by atoms with Gasteiger partial charge >= 0.3 is 0 Å². The van der Waals surface area contributed by atoms with Gasteiger partial charge in [-0.15, -0.1) is 0 Å². The van der Waals surface area contributed by atoms with E-state index >= 15 is 0 Å². The van der Waals surface area contributed by atoms with Gasteiger partial charge in [0.1, 0.15) is 5.82 Å². The second kappa shape index (κ2) is 9.46. The molecular weight excluding hydrogens is 452 g/mol. The van der Waals surface area contributed by atoms with E-state index in [4.69, 9.17) is 9.72 Å². The van der Waals surface area contributed by atoms with E-state index in [0.717, 1.165) is 43.9 Å². The number of ether oxygens (including phenoxy) is 1. The average Bonchev–Trinajstić information content (AvgIpc) is 3.17. The quantitative estimate of drug-likeness (QED) is 0.573. The minimum Gasteiger partial charge on any atom is -0.381 e. The van der Waals surface area contributed by atoms with Gasteiger partial charge in [-0.3, -0.25) is 9.78 Å². The van der Waals surface area contributed by atoms with Crippen LogP contribution in [-0.4, -0.2) is 42.1 Å². The van der Waals surface area contributed by atoms with Crippen molar-refractivity contribution >= 4 is 26.8 Å². The Balaban J connectivity index is 1.68. The summed E-state index contributed by atoms with van der Waals surface area (Å²) in [6.45, 7) is 10.5. The SMILES string of the molecule is CC(=O)NCc1ccc(S(=O)(=O)c2ccc3c(c2)nc(C(C)(C)C)n3CC2CCOCC2)cn1. The van der Waals surface area contributed by atoms with Gasteiger partial charge in [0.05, 0.1) is 33.1 Å². The normalized spacial score (nSPS) is 15.5. The molecule has 182 valence electrons. The van der Waals surface area contributed by atoms with E-state index in [9.17, 15) is 13.2 Å². The number of carbonyl (C=O) groups is 1. The molecule has 1 aliphatic heterocycles. The Bertz CT molecular complexity index is 1280. The fourth-order valence-electron chi connectivity index (χ4n) is 4.25. The van der Waals surface area contributed by atoms with Crippen molar-refractivity contribution in [1.29, 1.82) is 0 Å². The minimum atomic E-state index is -3.76. The molecule has 34 heavy (non-hydrogen) atoms. The molecule has 0 unspecified atom stereocenters. The molecule has 2 aromatic heterocycles. The van der Waals surface area contributed by atoms with Gasteiger partial charge in [-0.1, -0.05) is 20.8 Å². The van der Waals surface area contributed by atoms with Crippen LogP contribution in [0.25, 0.3) is 11.0 Å². The third-order valence-electron chi connectivity index (χ3n) is 6.11. The lowest BCUT2D eigenvalue weighted by Gasteiger charge is -2.26. The lowest BCUT2D eigenvalue weighted by Crippen LogP contribution is -2.25. The summed E-state index contributed by atoms with van der Waals surface area (Å²) in [7, 11) is -3.76. The van der Waals surface area contributed by atoms with Crippen LogP contribution in [0.3, 0.4) is 0 Å². The highest BCUT2D eigenvalue weighted by molar-refractivity contribution is 7.91. The molecule has 0 bridgehead atoms. The van der Waals surface area contributed by atoms with Crippen LogP contribution < -0.4 is 5.32 Å². The molecule has 3 heterocycles. The summed E-state index contributed by atoms with van der Waals surface area (Å²) in [5, 5.41) is 2.65. The first kappa shape index (κ1) is 24.3. The van der Waals surface area contributed by atoms with Gasteiger partial charge in [0.2, 0.25) is 15.7 Å². The van der Waals surface area contributed by atoms with E-state index in [1.165, 1.54) is 19.2 Å². The first-order valence-corrected chi connectivity index (χ1v) is 13.1. The maximum Gasteiger partial charge on any atom is 0.217 e. The van der Waals surface area contributed by atoms with E-state index < -0.39 is 9.84 Å². The highest BCUT2D eigenvalue weighted by Gasteiger charge is 2.27. The first-order valence-electron chi connectivity index (χ1n) is 11.6. The minimum absolute atomic E-state index is 0.108. The van der Waals surface area contributed by atoms with E-state index in [2.05, 4.69) is 35.6 Å². The number of sulfone groups is 1. The zero-order valence-electron chi connectivity index (χ0n) is 20.2. The molecule has 0 aliphatic carbocycles. The number of nitrogens with one attached hydrogen (secondary N) is 1. The monoisotopic (exact) mass is 484 g/mol. The van der Waals surface area contributed by atoms with Crippen molar-refractivity contribution in [2.45, 2.75) is 68.8 Å². The number of fused-ring (bicyclic) bond motifs is 1. The molecule has 9 heteroatoms. The van der Waals surface area contributed by atoms with E-state index in [1.54, 1.807) is 18.2 Å². The van der Waals surface area contributed by atoms with Gasteiger partial charge < -0.3 is 14.6 Å². The summed E-state index contributed by atoms with van der Waals surface area (Å²) in [5.74, 6) is 1.29. The number of aromatic nitrogens is 3. The third kappa shape index (κ3) is 5.15. The summed E-state index contributed by atoms with van der Waals surface area (Å²) >= 11 is 0. The van der Waals surface area contributed by atoms with Crippen LogP contribution in [0.2, 0.25) is 0 Å². The van der Waals surface area contributed by atoms with Gasteiger partial charge in [0, 0.05) is 38.3 Å². The lowest BCUT2D eigenvalue weighted by atomic mass is 9.94. The van der Waals surface area contributed by atoms with Crippen molar-refractivity contribution in [3.63, 3.8) is 0 Å². The molecule has 1 saturated heterocycles. The summed E-state index contributed by atoms with van der Waals surface area (Å²) in [6.07, 6.45) is 3.36. The average molecular weight is 485 g/mol. The predicted octanol–water partition coefficient (Wildman–Crippen LogP) is 3.62. The zero-order valence-corrected chi connectivity index (χ0v) is 21.0. The number of nitrogens with zero attached hydrogens (tertiary/aromatic N) is 3. The Hall–Kier alpha value is -2.78. The van der Waals surface area contributed by atoms with Crippen LogP contribution in [0.15, 0.2) is 46.3 Å². The Kier molecular flexibility index (Phi) is 6.78. The number of pyridine rings is 1. The van der Waals surface area contributed by atoms with Crippen LogP contribution in [0.1, 0.15) is 52.1 Å². The van der Waals surface area contributed by atoms with Crippen molar-refractivity contribution < 1.29 is 17.9 Å². The number of imidazole rings is 1. The van der Waals surface area contributed by atoms with Crippen molar-refractivity contribution in [3.8, 4) is 0 Å². The molecule has 0 spiro atoms. The number of hydrogen-bond acceptors (Lipinski definition) is 6. The second-order valence-corrected chi connectivity index (χ2v) is 11.9. The highest BCUT2D eigenvalue weighted by Crippen LogP contribution is 2.31. The van der Waals surface area contributed by atoms with Crippen LogP contribution in [0.4, 0.5) is 0 Å². The molecule has 1 amide bonds. The molecule has 0 saturated carbocycles. The van der Waals surface area contributed by atoms with Gasteiger partial charge in [-0.2, -0.15) is 0 Å². The molecule has 8 nitrogen and oxygen atoms in total. The fourth-order valence-corrected chi connectivity index (χ4v) is 5.47. The van der Waals surface area contributed by atoms with Crippen molar-refractivity contribution in [2.75, 3.05) is 13.2 Å². The second-order valence-electron chi connectivity index (χ2n) is 9.90. The Morgan fingerprint density at radius 3 is 2.47 bits per heavy atom. The largest absolute Gasteiger partial charge is 0.381 e. The molecular formula is C25H32N4O4S. The van der Waals surface area contributed by atoms with Gasteiger partial charge in [-0.05, 0) is 49.1 Å². The van der Waals surface area contributed by atoms with Crippen LogP contribution in [0.5, 0.6) is 0 Å². The van der Waals surface area contributed by atoms with E-state index in [1.807, 2.05) is 6.07 Å². The van der Waals surface area contributed by atoms with Crippen LogP contribution >= 0.6 is 0 Å². The summed E-state index contributed by atoms with van der Waals surface area (Å²) < 4.78 is 34.4. The first-order chi connectivity index (χ1) is 16.1. The Labute approximate surface area is 200 Å². The third-order valence-corrected chi connectivity index (χ3v) is 7.85. The maximum absolute atomic E-state index is 13.3. The van der Waals surface area contributed by atoms with Crippen LogP contribution in [-0.2, 0) is 37.9 Å². The van der Waals surface area contributed by atoms with Crippen molar-refractivity contribution in [2.24, 2.45) is 5.92 Å². The highest BCUT2D eigenvalue weighted by atomic mass is 32.2. The number of rotatable bonds is 6. The molecule has 3 aromatic rings. The van der Waals surface area contributed by atoms with Gasteiger partial charge in [0.25, 0.3) is 0 Å².